The largest absolute Gasteiger partial charge is 0.478 e. The smallest absolute Gasteiger partial charge is 0.348 e. The minimum atomic E-state index is -2.03. The summed E-state index contributed by atoms with van der Waals surface area (Å²) in [6.45, 7) is 0. The average Bonchev–Trinajstić information content (AvgIpc) is 2.43. The van der Waals surface area contributed by atoms with Crippen LogP contribution >= 0.6 is 23.2 Å². The Hall–Kier alpha value is -1.59. The van der Waals surface area contributed by atoms with Crippen molar-refractivity contribution in [3.8, 4) is 0 Å². The van der Waals surface area contributed by atoms with Gasteiger partial charge in [-0.2, -0.15) is 0 Å². The van der Waals surface area contributed by atoms with Crippen LogP contribution in [0.1, 0.15) is 11.1 Å². The molecule has 0 aliphatic heterocycles. The van der Waals surface area contributed by atoms with E-state index in [0.29, 0.717) is 10.0 Å². The number of carboxylic acid groups (broad SMARTS) is 1. The van der Waals surface area contributed by atoms with Crippen molar-refractivity contribution in [3.05, 3.63) is 69.7 Å². The van der Waals surface area contributed by atoms with Crippen LogP contribution in [0.3, 0.4) is 0 Å². The molecule has 0 atom stereocenters. The van der Waals surface area contributed by atoms with E-state index >= 15 is 0 Å². The Labute approximate surface area is 125 Å². The lowest BCUT2D eigenvalue weighted by atomic mass is 9.86. The lowest BCUT2D eigenvalue weighted by Gasteiger charge is -2.26. The number of benzene rings is 2. The van der Waals surface area contributed by atoms with Crippen molar-refractivity contribution in [2.24, 2.45) is 0 Å². The molecule has 0 fully saturated rings. The molecule has 0 amide bonds. The van der Waals surface area contributed by atoms with Gasteiger partial charge in [-0.05, 0) is 24.3 Å². The fourth-order valence-electron chi connectivity index (χ4n) is 1.93. The van der Waals surface area contributed by atoms with E-state index in [1.807, 2.05) is 0 Å². The monoisotopic (exact) mass is 312 g/mol. The quantitative estimate of drug-likeness (QED) is 0.665. The van der Waals surface area contributed by atoms with Crippen LogP contribution in [0, 0.1) is 0 Å². The highest BCUT2D eigenvalue weighted by Crippen LogP contribution is 2.34. The highest BCUT2D eigenvalue weighted by molar-refractivity contribution is 6.30. The Bertz CT molecular complexity index is 563. The maximum absolute atomic E-state index is 11.7. The summed E-state index contributed by atoms with van der Waals surface area (Å²) in [5, 5.41) is 19.7. The van der Waals surface area contributed by atoms with E-state index in [2.05, 4.69) is 4.89 Å². The van der Waals surface area contributed by atoms with E-state index in [-0.39, 0.29) is 11.1 Å². The van der Waals surface area contributed by atoms with Crippen molar-refractivity contribution >= 4 is 29.2 Å². The Morgan fingerprint density at radius 1 is 0.900 bits per heavy atom. The van der Waals surface area contributed by atoms with Gasteiger partial charge in [-0.15, -0.1) is 0 Å². The molecule has 0 spiro atoms. The minimum Gasteiger partial charge on any atom is -0.478 e. The van der Waals surface area contributed by atoms with Crippen LogP contribution in [-0.2, 0) is 15.3 Å². The summed E-state index contributed by atoms with van der Waals surface area (Å²) in [7, 11) is 0. The Balaban J connectivity index is 2.64. The third-order valence-corrected chi connectivity index (χ3v) is 3.44. The van der Waals surface area contributed by atoms with Gasteiger partial charge < -0.3 is 5.11 Å². The van der Waals surface area contributed by atoms with Crippen molar-refractivity contribution in [1.82, 2.24) is 0 Å². The van der Waals surface area contributed by atoms with Crippen molar-refractivity contribution in [1.29, 1.82) is 0 Å². The van der Waals surface area contributed by atoms with E-state index in [1.54, 1.807) is 0 Å². The second-order valence-corrected chi connectivity index (χ2v) is 4.96. The third-order valence-electron chi connectivity index (χ3n) is 2.94. The number of rotatable bonds is 4. The van der Waals surface area contributed by atoms with Crippen molar-refractivity contribution in [3.63, 3.8) is 0 Å². The van der Waals surface area contributed by atoms with Crippen LogP contribution in [0.4, 0.5) is 0 Å². The molecule has 0 unspecified atom stereocenters. The lowest BCUT2D eigenvalue weighted by molar-refractivity contribution is -0.309. The Morgan fingerprint density at radius 3 is 1.50 bits per heavy atom. The molecule has 0 saturated carbocycles. The minimum absolute atomic E-state index is 0.235. The van der Waals surface area contributed by atoms with Crippen LogP contribution in [0.2, 0.25) is 10.0 Å². The first-order chi connectivity index (χ1) is 9.50. The van der Waals surface area contributed by atoms with Crippen molar-refractivity contribution in [2.75, 3.05) is 0 Å². The first-order valence-electron chi connectivity index (χ1n) is 5.59. The number of hydrogen-bond donors (Lipinski definition) is 2. The van der Waals surface area contributed by atoms with E-state index in [0.717, 1.165) is 0 Å². The van der Waals surface area contributed by atoms with Gasteiger partial charge in [0, 0.05) is 21.2 Å². The predicted molar refractivity (Wildman–Crippen MR) is 75.0 cm³/mol. The summed E-state index contributed by atoms with van der Waals surface area (Å²) in [6.07, 6.45) is 0. The standard InChI is InChI=1S/C14H10Cl2O4/c15-11-5-1-9(2-6-11)14(20-19,13(17)18)10-3-7-12(16)8-4-10/h1-8,19H,(H,17,18). The molecule has 4 nitrogen and oxygen atoms in total. The second-order valence-electron chi connectivity index (χ2n) is 4.09. The fraction of sp³-hybridized carbons (Fsp3) is 0.0714. The van der Waals surface area contributed by atoms with Crippen LogP contribution in [0.25, 0.3) is 0 Å². The molecule has 0 radical (unpaired) electrons. The molecular formula is C14H10Cl2O4. The first-order valence-corrected chi connectivity index (χ1v) is 6.34. The molecule has 2 aromatic rings. The molecule has 20 heavy (non-hydrogen) atoms. The van der Waals surface area contributed by atoms with Gasteiger partial charge in [-0.3, -0.25) is 0 Å². The number of halogens is 2. The Kier molecular flexibility index (Phi) is 4.30. The topological polar surface area (TPSA) is 66.8 Å². The summed E-state index contributed by atoms with van der Waals surface area (Å²) >= 11 is 11.6. The zero-order chi connectivity index (χ0) is 14.8. The first kappa shape index (κ1) is 14.8. The molecule has 0 saturated heterocycles. The predicted octanol–water partition coefficient (Wildman–Crippen LogP) is 3.81. The summed E-state index contributed by atoms with van der Waals surface area (Å²) in [4.78, 5) is 16.0. The van der Waals surface area contributed by atoms with Crippen LogP contribution in [-0.4, -0.2) is 16.3 Å². The molecule has 0 aromatic heterocycles. The van der Waals surface area contributed by atoms with E-state index in [1.165, 1.54) is 48.5 Å². The second kappa shape index (κ2) is 5.81. The molecule has 6 heteroatoms. The molecule has 2 rings (SSSR count). The van der Waals surface area contributed by atoms with Crippen LogP contribution < -0.4 is 0 Å². The zero-order valence-corrected chi connectivity index (χ0v) is 11.6. The summed E-state index contributed by atoms with van der Waals surface area (Å²) < 4.78 is 0. The van der Waals surface area contributed by atoms with Gasteiger partial charge in [-0.25, -0.2) is 14.9 Å². The number of carboxylic acids is 1. The highest BCUT2D eigenvalue weighted by Gasteiger charge is 2.44. The Morgan fingerprint density at radius 2 is 1.25 bits per heavy atom. The van der Waals surface area contributed by atoms with Gasteiger partial charge in [0.05, 0.1) is 0 Å². The maximum Gasteiger partial charge on any atom is 0.348 e. The highest BCUT2D eigenvalue weighted by atomic mass is 35.5. The number of hydrogen-bond acceptors (Lipinski definition) is 3. The average molecular weight is 313 g/mol. The van der Waals surface area contributed by atoms with E-state index < -0.39 is 11.6 Å². The normalized spacial score (nSPS) is 11.3. The van der Waals surface area contributed by atoms with E-state index in [9.17, 15) is 15.2 Å². The van der Waals surface area contributed by atoms with Gasteiger partial charge in [0.15, 0.2) is 0 Å². The van der Waals surface area contributed by atoms with Crippen molar-refractivity contribution < 1.29 is 20.0 Å². The van der Waals surface area contributed by atoms with Crippen molar-refractivity contribution in [2.45, 2.75) is 5.60 Å². The molecule has 0 heterocycles. The van der Waals surface area contributed by atoms with Gasteiger partial charge >= 0.3 is 5.97 Å². The zero-order valence-electron chi connectivity index (χ0n) is 10.1. The lowest BCUT2D eigenvalue weighted by Crippen LogP contribution is -2.39. The molecular weight excluding hydrogens is 303 g/mol. The SMILES string of the molecule is O=C(O)C(OO)(c1ccc(Cl)cc1)c1ccc(Cl)cc1. The van der Waals surface area contributed by atoms with Gasteiger partial charge in [0.25, 0.3) is 0 Å². The summed E-state index contributed by atoms with van der Waals surface area (Å²) in [5.74, 6) is -1.36. The van der Waals surface area contributed by atoms with Crippen LogP contribution in [0.5, 0.6) is 0 Å². The molecule has 0 bridgehead atoms. The number of aliphatic carboxylic acids is 1. The maximum atomic E-state index is 11.7. The molecule has 0 aliphatic rings. The summed E-state index contributed by atoms with van der Waals surface area (Å²) in [5.41, 5.74) is -1.56. The van der Waals surface area contributed by atoms with Crippen LogP contribution in [0.15, 0.2) is 48.5 Å². The van der Waals surface area contributed by atoms with Gasteiger partial charge in [0.2, 0.25) is 5.60 Å². The molecule has 2 aromatic carbocycles. The summed E-state index contributed by atoms with van der Waals surface area (Å²) in [6, 6.07) is 12.0. The van der Waals surface area contributed by atoms with Gasteiger partial charge in [0.1, 0.15) is 0 Å². The molecule has 104 valence electrons. The molecule has 2 N–H and O–H groups in total. The van der Waals surface area contributed by atoms with E-state index in [4.69, 9.17) is 23.2 Å². The number of carbonyl (C=O) groups is 1. The third kappa shape index (κ3) is 2.51. The van der Waals surface area contributed by atoms with Gasteiger partial charge in [-0.1, -0.05) is 47.5 Å². The fourth-order valence-corrected chi connectivity index (χ4v) is 2.18. The molecule has 0 aliphatic carbocycles.